The first-order valence-corrected chi connectivity index (χ1v) is 29.7. The third-order valence-corrected chi connectivity index (χ3v) is 18.6. The average Bonchev–Trinajstić information content (AvgIpc) is 1.97. The van der Waals surface area contributed by atoms with Crippen LogP contribution in [-0.2, 0) is 0 Å². The van der Waals surface area contributed by atoms with Crippen LogP contribution in [0.1, 0.15) is 11.1 Å². The molecule has 0 saturated carbocycles. The van der Waals surface area contributed by atoms with E-state index in [2.05, 4.69) is 306 Å². The monoisotopic (exact) mass is 1120 g/mol. The Morgan fingerprint density at radius 1 is 0.193 bits per heavy atom. The molecule has 8 heteroatoms. The fourth-order valence-electron chi connectivity index (χ4n) is 15.1. The van der Waals surface area contributed by atoms with Crippen molar-refractivity contribution in [1.82, 2.24) is 27.4 Å². The van der Waals surface area contributed by atoms with Gasteiger partial charge >= 0.3 is 0 Å². The van der Waals surface area contributed by atoms with Crippen LogP contribution in [0.15, 0.2) is 279 Å². The Balaban J connectivity index is 0.939. The molecule has 0 bridgehead atoms. The van der Waals surface area contributed by atoms with E-state index >= 15 is 0 Å². The molecule has 6 heterocycles. The highest BCUT2D eigenvalue weighted by molar-refractivity contribution is 6.24. The Kier molecular flexibility index (Phi) is 9.87. The minimum atomic E-state index is 0.428. The Labute approximate surface area is 502 Å². The standard InChI is InChI=1S/C80H46N8/c81-47-49-42-74(88-72-40-20-38-70(86-67-35-17-9-27-55(67)56-28-10-18-36-68(56)86)80(72)62-46-76-60(44-78(62)88)58-30-12-14-32-64(58)84(76)52-23-5-2-6-24-52)50(48-82)41-73(49)87-71-39-19-37-69(85-65-33-15-7-25-53(65)54-26-8-16-34-66(54)85)79(71)61-45-75-59(43-77(61)87)57-29-11-13-31-63(57)83(75)51-21-3-1-4-22-51/h1-46H. The normalized spacial score (nSPS) is 12.1. The van der Waals surface area contributed by atoms with Crippen molar-refractivity contribution in [2.24, 2.45) is 0 Å². The number of hydrogen-bond donors (Lipinski definition) is 0. The van der Waals surface area contributed by atoms with E-state index in [1.807, 2.05) is 12.1 Å². The summed E-state index contributed by atoms with van der Waals surface area (Å²) in [5, 5.41) is 37.0. The van der Waals surface area contributed by atoms with Crippen LogP contribution in [0.4, 0.5) is 0 Å². The molecule has 8 nitrogen and oxygen atoms in total. The summed E-state index contributed by atoms with van der Waals surface area (Å²) in [4.78, 5) is 0. The largest absolute Gasteiger partial charge is 0.309 e. The molecule has 0 aliphatic rings. The first-order chi connectivity index (χ1) is 43.6. The van der Waals surface area contributed by atoms with E-state index in [4.69, 9.17) is 0 Å². The fraction of sp³-hybridized carbons (Fsp3) is 0. The van der Waals surface area contributed by atoms with E-state index < -0.39 is 0 Å². The Hall–Kier alpha value is -12.4. The minimum absolute atomic E-state index is 0.428. The van der Waals surface area contributed by atoms with Gasteiger partial charge in [0.05, 0.1) is 100 Å². The van der Waals surface area contributed by atoms with Crippen LogP contribution in [-0.4, -0.2) is 27.4 Å². The van der Waals surface area contributed by atoms with Gasteiger partial charge in [-0.3, -0.25) is 0 Å². The molecular weight excluding hydrogens is 1070 g/mol. The Morgan fingerprint density at radius 3 is 0.795 bits per heavy atom. The topological polar surface area (TPSA) is 77.2 Å². The lowest BCUT2D eigenvalue weighted by Gasteiger charge is -2.16. The number of benzene rings is 13. The second kappa shape index (κ2) is 18.1. The van der Waals surface area contributed by atoms with E-state index in [0.717, 1.165) is 132 Å². The molecular formula is C80H46N8. The maximum Gasteiger partial charge on any atom is 0.101 e. The lowest BCUT2D eigenvalue weighted by atomic mass is 10.1. The summed E-state index contributed by atoms with van der Waals surface area (Å²) in [5.41, 5.74) is 18.6. The molecule has 6 aromatic heterocycles. The fourth-order valence-corrected chi connectivity index (χ4v) is 15.1. The molecule has 0 saturated heterocycles. The van der Waals surface area contributed by atoms with Crippen molar-refractivity contribution in [3.8, 4) is 46.3 Å². The molecule has 0 amide bonds. The van der Waals surface area contributed by atoms with Gasteiger partial charge in [0.25, 0.3) is 0 Å². The van der Waals surface area contributed by atoms with E-state index in [0.29, 0.717) is 22.5 Å². The van der Waals surface area contributed by atoms with Crippen molar-refractivity contribution in [3.05, 3.63) is 290 Å². The van der Waals surface area contributed by atoms with Crippen LogP contribution in [0, 0.1) is 22.7 Å². The lowest BCUT2D eigenvalue weighted by molar-refractivity contribution is 1.12. The maximum atomic E-state index is 11.9. The molecule has 88 heavy (non-hydrogen) atoms. The molecule has 19 rings (SSSR count). The van der Waals surface area contributed by atoms with Crippen LogP contribution in [0.2, 0.25) is 0 Å². The van der Waals surface area contributed by atoms with Gasteiger partial charge in [0, 0.05) is 76.0 Å². The van der Waals surface area contributed by atoms with Gasteiger partial charge in [0.15, 0.2) is 0 Å². The van der Waals surface area contributed by atoms with Crippen LogP contribution in [0.25, 0.3) is 165 Å². The van der Waals surface area contributed by atoms with E-state index in [-0.39, 0.29) is 0 Å². The highest BCUT2D eigenvalue weighted by Crippen LogP contribution is 2.47. The van der Waals surface area contributed by atoms with Gasteiger partial charge in [-0.25, -0.2) is 0 Å². The number of nitriles is 2. The number of fused-ring (bicyclic) bond motifs is 18. The van der Waals surface area contributed by atoms with Gasteiger partial charge in [-0.1, -0.05) is 158 Å². The third kappa shape index (κ3) is 6.44. The molecule has 0 aliphatic heterocycles. The minimum Gasteiger partial charge on any atom is -0.309 e. The van der Waals surface area contributed by atoms with Gasteiger partial charge in [0.2, 0.25) is 0 Å². The van der Waals surface area contributed by atoms with Crippen molar-refractivity contribution in [2.75, 3.05) is 0 Å². The summed E-state index contributed by atoms with van der Waals surface area (Å²) in [7, 11) is 0. The average molecular weight is 1120 g/mol. The van der Waals surface area contributed by atoms with E-state index in [1.165, 1.54) is 21.5 Å². The summed E-state index contributed by atoms with van der Waals surface area (Å²) in [6, 6.07) is 105. The zero-order valence-corrected chi connectivity index (χ0v) is 47.1. The first-order valence-electron chi connectivity index (χ1n) is 29.7. The first kappa shape index (κ1) is 48.1. The molecule has 0 radical (unpaired) electrons. The third-order valence-electron chi connectivity index (χ3n) is 18.6. The van der Waals surface area contributed by atoms with Crippen LogP contribution in [0.3, 0.4) is 0 Å². The van der Waals surface area contributed by atoms with Gasteiger partial charge in [0.1, 0.15) is 12.1 Å². The summed E-state index contributed by atoms with van der Waals surface area (Å²) >= 11 is 0. The zero-order valence-electron chi connectivity index (χ0n) is 47.1. The summed E-state index contributed by atoms with van der Waals surface area (Å²) in [5.74, 6) is 0. The van der Waals surface area contributed by atoms with Crippen LogP contribution < -0.4 is 0 Å². The highest BCUT2D eigenvalue weighted by atomic mass is 15.1. The Morgan fingerprint density at radius 2 is 0.455 bits per heavy atom. The maximum absolute atomic E-state index is 11.9. The number of rotatable bonds is 6. The molecule has 406 valence electrons. The molecule has 0 unspecified atom stereocenters. The molecule has 19 aromatic rings. The second-order valence-electron chi connectivity index (χ2n) is 23.0. The van der Waals surface area contributed by atoms with Crippen molar-refractivity contribution < 1.29 is 0 Å². The number of para-hydroxylation sites is 8. The molecule has 0 N–H and O–H groups in total. The van der Waals surface area contributed by atoms with Crippen molar-refractivity contribution in [3.63, 3.8) is 0 Å². The van der Waals surface area contributed by atoms with Crippen LogP contribution in [0.5, 0.6) is 0 Å². The number of hydrogen-bond acceptors (Lipinski definition) is 2. The van der Waals surface area contributed by atoms with Crippen molar-refractivity contribution in [1.29, 1.82) is 10.5 Å². The van der Waals surface area contributed by atoms with Gasteiger partial charge in [-0.15, -0.1) is 0 Å². The Bertz CT molecular complexity index is 5830. The molecule has 0 spiro atoms. The van der Waals surface area contributed by atoms with Crippen molar-refractivity contribution >= 4 is 131 Å². The van der Waals surface area contributed by atoms with E-state index in [9.17, 15) is 10.5 Å². The number of nitrogens with zero attached hydrogens (tertiary/aromatic N) is 8. The summed E-state index contributed by atoms with van der Waals surface area (Å²) in [6.45, 7) is 0. The van der Waals surface area contributed by atoms with E-state index in [1.54, 1.807) is 0 Å². The predicted molar refractivity (Wildman–Crippen MR) is 362 cm³/mol. The SMILES string of the molecule is N#Cc1cc(-n2c3cc4c5ccccc5n(-c5ccccc5)c4cc3c3c(-n4c5ccccc5c5ccccc54)cccc32)c(C#N)cc1-n1c2cc3c4ccccc4n(-c4ccccc4)c3cc2c2c(-n3c4ccccc4c4ccccc43)cccc21. The highest BCUT2D eigenvalue weighted by Gasteiger charge is 2.28. The van der Waals surface area contributed by atoms with Gasteiger partial charge in [-0.05, 0) is 121 Å². The van der Waals surface area contributed by atoms with Gasteiger partial charge < -0.3 is 27.4 Å². The molecule has 0 aliphatic carbocycles. The molecule has 13 aromatic carbocycles. The quantitative estimate of drug-likeness (QED) is 0.166. The lowest BCUT2D eigenvalue weighted by Crippen LogP contribution is -2.04. The smallest absolute Gasteiger partial charge is 0.101 e. The van der Waals surface area contributed by atoms with Crippen molar-refractivity contribution in [2.45, 2.75) is 0 Å². The molecule has 0 fully saturated rings. The predicted octanol–water partition coefficient (Wildman–Crippen LogP) is 20.0. The van der Waals surface area contributed by atoms with Gasteiger partial charge in [-0.2, -0.15) is 10.5 Å². The number of aromatic nitrogens is 6. The molecule has 0 atom stereocenters. The summed E-state index contributed by atoms with van der Waals surface area (Å²) in [6.07, 6.45) is 0. The summed E-state index contributed by atoms with van der Waals surface area (Å²) < 4.78 is 14.0. The second-order valence-corrected chi connectivity index (χ2v) is 23.0. The zero-order chi connectivity index (χ0) is 57.9. The van der Waals surface area contributed by atoms with Crippen LogP contribution >= 0.6 is 0 Å².